The molecule has 84 valence electrons. The van der Waals surface area contributed by atoms with Crippen LogP contribution in [0.1, 0.15) is 12.6 Å². The predicted molar refractivity (Wildman–Crippen MR) is 58.4 cm³/mol. The summed E-state index contributed by atoms with van der Waals surface area (Å²) in [7, 11) is 0. The molecular formula is C10H12N4O2. The Bertz CT molecular complexity index is 521. The first-order chi connectivity index (χ1) is 7.72. The number of carbonyl (C=O) groups excluding carboxylic acids is 1. The molecule has 0 aliphatic heterocycles. The predicted octanol–water partition coefficient (Wildman–Crippen LogP) is 1.61. The van der Waals surface area contributed by atoms with Gasteiger partial charge in [-0.25, -0.2) is 14.3 Å². The van der Waals surface area contributed by atoms with Gasteiger partial charge >= 0.3 is 6.09 Å². The van der Waals surface area contributed by atoms with Gasteiger partial charge < -0.3 is 4.74 Å². The van der Waals surface area contributed by atoms with Gasteiger partial charge in [-0.05, 0) is 26.0 Å². The van der Waals surface area contributed by atoms with Crippen molar-refractivity contribution in [2.75, 3.05) is 11.9 Å². The van der Waals surface area contributed by atoms with E-state index in [1.54, 1.807) is 11.4 Å². The van der Waals surface area contributed by atoms with E-state index in [1.807, 2.05) is 19.1 Å². The van der Waals surface area contributed by atoms with Gasteiger partial charge in [0, 0.05) is 5.69 Å². The summed E-state index contributed by atoms with van der Waals surface area (Å²) in [5, 5.41) is 6.63. The minimum absolute atomic E-state index is 0.327. The zero-order valence-electron chi connectivity index (χ0n) is 9.10. The number of carbonyl (C=O) groups is 1. The van der Waals surface area contributed by atoms with E-state index in [0.717, 1.165) is 11.2 Å². The van der Waals surface area contributed by atoms with Crippen LogP contribution in [0, 0.1) is 6.92 Å². The van der Waals surface area contributed by atoms with E-state index in [1.165, 1.54) is 6.33 Å². The number of nitrogens with one attached hydrogen (secondary N) is 1. The number of hydrogen-bond acceptors (Lipinski definition) is 4. The van der Waals surface area contributed by atoms with Gasteiger partial charge in [0.15, 0.2) is 5.82 Å². The molecule has 0 radical (unpaired) electrons. The number of rotatable bonds is 2. The lowest BCUT2D eigenvalue weighted by atomic mass is 10.5. The lowest BCUT2D eigenvalue weighted by Crippen LogP contribution is -2.15. The number of hydrogen-bond donors (Lipinski definition) is 1. The van der Waals surface area contributed by atoms with Gasteiger partial charge in [-0.3, -0.25) is 5.32 Å². The van der Waals surface area contributed by atoms with E-state index >= 15 is 0 Å². The Morgan fingerprint density at radius 3 is 3.12 bits per heavy atom. The Balaban J connectivity index is 2.34. The summed E-state index contributed by atoms with van der Waals surface area (Å²) in [6.45, 7) is 4.00. The minimum atomic E-state index is -0.512. The van der Waals surface area contributed by atoms with Crippen molar-refractivity contribution in [1.29, 1.82) is 0 Å². The standard InChI is InChI=1S/C10H12N4O2/c1-3-16-10(15)13-9-8-5-4-7(2)14(8)12-6-11-9/h4-6H,3H2,1-2H3,(H,11,12,13,15). The van der Waals surface area contributed by atoms with E-state index in [9.17, 15) is 4.79 Å². The number of amides is 1. The van der Waals surface area contributed by atoms with Crippen molar-refractivity contribution in [3.8, 4) is 0 Å². The Hall–Kier alpha value is -2.11. The highest BCUT2D eigenvalue weighted by Crippen LogP contribution is 2.15. The topological polar surface area (TPSA) is 68.5 Å². The number of fused-ring (bicyclic) bond motifs is 1. The first-order valence-corrected chi connectivity index (χ1v) is 4.95. The van der Waals surface area contributed by atoms with Crippen LogP contribution in [0.3, 0.4) is 0 Å². The molecule has 0 aliphatic carbocycles. The molecule has 0 unspecified atom stereocenters. The molecule has 0 bridgehead atoms. The molecule has 1 N–H and O–H groups in total. The second-order valence-electron chi connectivity index (χ2n) is 3.23. The number of nitrogens with zero attached hydrogens (tertiary/aromatic N) is 3. The summed E-state index contributed by atoms with van der Waals surface area (Å²) in [5.74, 6) is 0.446. The van der Waals surface area contributed by atoms with Crippen molar-refractivity contribution in [1.82, 2.24) is 14.6 Å². The first kappa shape index (κ1) is 10.4. The van der Waals surface area contributed by atoms with Gasteiger partial charge in [-0.15, -0.1) is 0 Å². The zero-order valence-corrected chi connectivity index (χ0v) is 9.10. The largest absolute Gasteiger partial charge is 0.450 e. The fourth-order valence-corrected chi connectivity index (χ4v) is 1.42. The maximum absolute atomic E-state index is 11.3. The summed E-state index contributed by atoms with van der Waals surface area (Å²) in [4.78, 5) is 15.3. The van der Waals surface area contributed by atoms with Crippen LogP contribution in [0.25, 0.3) is 5.52 Å². The average Bonchev–Trinajstić information content (AvgIpc) is 2.62. The van der Waals surface area contributed by atoms with Gasteiger partial charge in [-0.2, -0.15) is 5.10 Å². The summed E-state index contributed by atoms with van der Waals surface area (Å²) in [6, 6.07) is 3.75. The summed E-state index contributed by atoms with van der Waals surface area (Å²) < 4.78 is 6.48. The van der Waals surface area contributed by atoms with Gasteiger partial charge in [0.05, 0.1) is 6.61 Å². The van der Waals surface area contributed by atoms with Crippen LogP contribution in [0.5, 0.6) is 0 Å². The Morgan fingerprint density at radius 2 is 2.38 bits per heavy atom. The highest BCUT2D eigenvalue weighted by atomic mass is 16.5. The lowest BCUT2D eigenvalue weighted by molar-refractivity contribution is 0.168. The highest BCUT2D eigenvalue weighted by Gasteiger charge is 2.09. The van der Waals surface area contributed by atoms with Gasteiger partial charge in [0.1, 0.15) is 11.8 Å². The second-order valence-corrected chi connectivity index (χ2v) is 3.23. The molecule has 0 saturated heterocycles. The Labute approximate surface area is 92.2 Å². The van der Waals surface area contributed by atoms with E-state index in [4.69, 9.17) is 4.74 Å². The van der Waals surface area contributed by atoms with Crippen LogP contribution in [0.2, 0.25) is 0 Å². The average molecular weight is 220 g/mol. The Kier molecular flexibility index (Phi) is 2.72. The van der Waals surface area contributed by atoms with Crippen LogP contribution < -0.4 is 5.32 Å². The van der Waals surface area contributed by atoms with Crippen molar-refractivity contribution in [3.05, 3.63) is 24.2 Å². The van der Waals surface area contributed by atoms with Crippen LogP contribution in [-0.2, 0) is 4.74 Å². The van der Waals surface area contributed by atoms with E-state index in [2.05, 4.69) is 15.4 Å². The van der Waals surface area contributed by atoms with E-state index in [0.29, 0.717) is 12.4 Å². The van der Waals surface area contributed by atoms with Crippen LogP contribution in [0.4, 0.5) is 10.6 Å². The maximum atomic E-state index is 11.3. The molecule has 0 spiro atoms. The monoisotopic (exact) mass is 220 g/mol. The first-order valence-electron chi connectivity index (χ1n) is 4.95. The summed E-state index contributed by atoms with van der Waals surface area (Å²) in [5.41, 5.74) is 1.72. The van der Waals surface area contributed by atoms with E-state index in [-0.39, 0.29) is 0 Å². The quantitative estimate of drug-likeness (QED) is 0.834. The zero-order chi connectivity index (χ0) is 11.5. The SMILES string of the molecule is CCOC(=O)Nc1ncnn2c(C)ccc12. The fourth-order valence-electron chi connectivity index (χ4n) is 1.42. The molecule has 6 nitrogen and oxygen atoms in total. The molecule has 2 rings (SSSR count). The molecule has 2 aromatic rings. The summed E-state index contributed by atoms with van der Waals surface area (Å²) in [6.07, 6.45) is 0.878. The summed E-state index contributed by atoms with van der Waals surface area (Å²) >= 11 is 0. The van der Waals surface area contributed by atoms with E-state index < -0.39 is 6.09 Å². The highest BCUT2D eigenvalue weighted by molar-refractivity contribution is 5.88. The van der Waals surface area contributed by atoms with Crippen molar-refractivity contribution >= 4 is 17.4 Å². The smallest absolute Gasteiger partial charge is 0.412 e. The molecule has 1 amide bonds. The molecule has 0 aliphatic rings. The van der Waals surface area contributed by atoms with Crippen molar-refractivity contribution in [3.63, 3.8) is 0 Å². The Morgan fingerprint density at radius 1 is 1.56 bits per heavy atom. The molecule has 0 saturated carbocycles. The number of ether oxygens (including phenoxy) is 1. The normalized spacial score (nSPS) is 10.4. The maximum Gasteiger partial charge on any atom is 0.412 e. The van der Waals surface area contributed by atoms with Gasteiger partial charge in [0.2, 0.25) is 0 Å². The van der Waals surface area contributed by atoms with Gasteiger partial charge in [-0.1, -0.05) is 0 Å². The molecule has 16 heavy (non-hydrogen) atoms. The number of anilines is 1. The molecule has 2 aromatic heterocycles. The van der Waals surface area contributed by atoms with Crippen LogP contribution in [-0.4, -0.2) is 27.3 Å². The molecule has 0 fully saturated rings. The molecular weight excluding hydrogens is 208 g/mol. The third kappa shape index (κ3) is 1.81. The number of aryl methyl sites for hydroxylation is 1. The molecule has 0 aromatic carbocycles. The van der Waals surface area contributed by atoms with Gasteiger partial charge in [0.25, 0.3) is 0 Å². The third-order valence-corrected chi connectivity index (χ3v) is 2.14. The van der Waals surface area contributed by atoms with Crippen molar-refractivity contribution in [2.24, 2.45) is 0 Å². The number of aromatic nitrogens is 3. The molecule has 6 heteroatoms. The van der Waals surface area contributed by atoms with Crippen LogP contribution >= 0.6 is 0 Å². The second kappa shape index (κ2) is 4.18. The third-order valence-electron chi connectivity index (χ3n) is 2.14. The van der Waals surface area contributed by atoms with Crippen LogP contribution in [0.15, 0.2) is 18.5 Å². The molecule has 0 atom stereocenters. The lowest BCUT2D eigenvalue weighted by Gasteiger charge is -2.05. The van der Waals surface area contributed by atoms with Crippen molar-refractivity contribution in [2.45, 2.75) is 13.8 Å². The molecule has 2 heterocycles. The minimum Gasteiger partial charge on any atom is -0.450 e. The van der Waals surface area contributed by atoms with Crippen molar-refractivity contribution < 1.29 is 9.53 Å². The fraction of sp³-hybridized carbons (Fsp3) is 0.300.